The lowest BCUT2D eigenvalue weighted by atomic mass is 9.73. The van der Waals surface area contributed by atoms with E-state index in [1.54, 1.807) is 12.1 Å². The van der Waals surface area contributed by atoms with Gasteiger partial charge in [0.25, 0.3) is 0 Å². The molecule has 19 heavy (non-hydrogen) atoms. The molecule has 0 amide bonds. The third kappa shape index (κ3) is 3.23. The highest BCUT2D eigenvalue weighted by Crippen LogP contribution is 2.32. The van der Waals surface area contributed by atoms with E-state index < -0.39 is 5.54 Å². The molecule has 0 aromatic heterocycles. The molecule has 2 unspecified atom stereocenters. The van der Waals surface area contributed by atoms with Gasteiger partial charge in [-0.1, -0.05) is 31.9 Å². The van der Waals surface area contributed by atoms with Crippen molar-refractivity contribution in [3.05, 3.63) is 34.1 Å². The number of ketones is 1. The maximum atomic E-state index is 13.4. The molecule has 1 saturated carbocycles. The monoisotopic (exact) mass is 327 g/mol. The zero-order chi connectivity index (χ0) is 14.0. The fourth-order valence-electron chi connectivity index (χ4n) is 2.88. The van der Waals surface area contributed by atoms with Crippen LogP contribution in [0.2, 0.25) is 0 Å². The van der Waals surface area contributed by atoms with Crippen LogP contribution >= 0.6 is 15.9 Å². The second-order valence-electron chi connectivity index (χ2n) is 5.67. The third-order valence-electron chi connectivity index (χ3n) is 3.97. The van der Waals surface area contributed by atoms with Gasteiger partial charge in [-0.25, -0.2) is 4.39 Å². The van der Waals surface area contributed by atoms with Crippen LogP contribution in [0.5, 0.6) is 0 Å². The fraction of sp³-hybridized carbons (Fsp3) is 0.533. The highest BCUT2D eigenvalue weighted by atomic mass is 79.9. The van der Waals surface area contributed by atoms with Gasteiger partial charge in [-0.15, -0.1) is 0 Å². The summed E-state index contributed by atoms with van der Waals surface area (Å²) in [7, 11) is 0. The molecule has 2 rings (SSSR count). The van der Waals surface area contributed by atoms with Gasteiger partial charge in [0.1, 0.15) is 5.82 Å². The van der Waals surface area contributed by atoms with E-state index in [2.05, 4.69) is 22.9 Å². The average molecular weight is 328 g/mol. The number of hydrogen-bond acceptors (Lipinski definition) is 2. The smallest absolute Gasteiger partial charge is 0.157 e. The molecule has 1 fully saturated rings. The summed E-state index contributed by atoms with van der Waals surface area (Å²) in [4.78, 5) is 12.4. The summed E-state index contributed by atoms with van der Waals surface area (Å²) < 4.78 is 13.8. The van der Waals surface area contributed by atoms with E-state index in [1.165, 1.54) is 6.07 Å². The van der Waals surface area contributed by atoms with Crippen LogP contribution in [0.15, 0.2) is 22.7 Å². The normalized spacial score (nSPS) is 27.3. The van der Waals surface area contributed by atoms with Crippen LogP contribution < -0.4 is 5.73 Å². The van der Waals surface area contributed by atoms with Gasteiger partial charge in [-0.05, 0) is 46.3 Å². The van der Waals surface area contributed by atoms with Crippen LogP contribution in [0, 0.1) is 11.7 Å². The van der Waals surface area contributed by atoms with Gasteiger partial charge >= 0.3 is 0 Å². The minimum Gasteiger partial charge on any atom is -0.319 e. The van der Waals surface area contributed by atoms with E-state index in [0.717, 1.165) is 25.7 Å². The van der Waals surface area contributed by atoms with Crippen LogP contribution in [0.1, 0.15) is 38.2 Å². The van der Waals surface area contributed by atoms with Crippen LogP contribution in [-0.4, -0.2) is 11.3 Å². The van der Waals surface area contributed by atoms with E-state index in [0.29, 0.717) is 16.0 Å². The molecule has 1 aromatic rings. The summed E-state index contributed by atoms with van der Waals surface area (Å²) in [5, 5.41) is 0. The molecule has 2 nitrogen and oxygen atoms in total. The molecule has 1 aliphatic carbocycles. The van der Waals surface area contributed by atoms with Crippen LogP contribution in [-0.2, 0) is 11.2 Å². The number of nitrogens with two attached hydrogens (primary N) is 1. The molecule has 4 heteroatoms. The fourth-order valence-corrected chi connectivity index (χ4v) is 3.28. The molecule has 0 spiro atoms. The average Bonchev–Trinajstić information content (AvgIpc) is 2.34. The molecular formula is C15H19BrFNO. The van der Waals surface area contributed by atoms with Crippen molar-refractivity contribution in [2.45, 2.75) is 44.6 Å². The lowest BCUT2D eigenvalue weighted by Crippen LogP contribution is -2.51. The summed E-state index contributed by atoms with van der Waals surface area (Å²) in [5.74, 6) is 0.164. The van der Waals surface area contributed by atoms with Gasteiger partial charge in [-0.3, -0.25) is 4.79 Å². The molecule has 0 saturated heterocycles. The molecule has 2 N–H and O–H groups in total. The largest absolute Gasteiger partial charge is 0.319 e. The summed E-state index contributed by atoms with van der Waals surface area (Å²) >= 11 is 3.19. The zero-order valence-corrected chi connectivity index (χ0v) is 12.7. The predicted molar refractivity (Wildman–Crippen MR) is 77.4 cm³/mol. The quantitative estimate of drug-likeness (QED) is 0.921. The zero-order valence-electron chi connectivity index (χ0n) is 11.1. The Bertz CT molecular complexity index is 491. The Morgan fingerprint density at radius 1 is 1.58 bits per heavy atom. The highest BCUT2D eigenvalue weighted by molar-refractivity contribution is 9.10. The van der Waals surface area contributed by atoms with Gasteiger partial charge in [0.05, 0.1) is 10.0 Å². The molecule has 0 radical (unpaired) electrons. The number of Topliss-reactive ketones (excluding diaryl/α,β-unsaturated/α-hetero) is 1. The van der Waals surface area contributed by atoms with Crippen LogP contribution in [0.25, 0.3) is 0 Å². The highest BCUT2D eigenvalue weighted by Gasteiger charge is 2.37. The third-order valence-corrected chi connectivity index (χ3v) is 4.86. The van der Waals surface area contributed by atoms with E-state index in [4.69, 9.17) is 5.73 Å². The van der Waals surface area contributed by atoms with Crippen molar-refractivity contribution < 1.29 is 9.18 Å². The first-order chi connectivity index (χ1) is 8.92. The standard InChI is InChI=1S/C15H19BrFNO/c1-10-4-3-7-15(18,9-10)13(19)8-11-5-2-6-12(17)14(11)16/h2,5-6,10H,3-4,7-9,18H2,1H3. The van der Waals surface area contributed by atoms with Crippen molar-refractivity contribution in [1.82, 2.24) is 0 Å². The molecule has 1 aromatic carbocycles. The second kappa shape index (κ2) is 5.71. The van der Waals surface area contributed by atoms with Crippen molar-refractivity contribution in [3.8, 4) is 0 Å². The SMILES string of the molecule is CC1CCCC(N)(C(=O)Cc2cccc(F)c2Br)C1. The Kier molecular flexibility index (Phi) is 4.41. The van der Waals surface area contributed by atoms with Crippen LogP contribution in [0.4, 0.5) is 4.39 Å². The van der Waals surface area contributed by atoms with Crippen molar-refractivity contribution >= 4 is 21.7 Å². The molecule has 2 atom stereocenters. The maximum absolute atomic E-state index is 13.4. The minimum atomic E-state index is -0.733. The second-order valence-corrected chi connectivity index (χ2v) is 6.46. The molecule has 1 aliphatic rings. The van der Waals surface area contributed by atoms with Crippen molar-refractivity contribution in [3.63, 3.8) is 0 Å². The number of carbonyl (C=O) groups excluding carboxylic acids is 1. The van der Waals surface area contributed by atoms with Crippen molar-refractivity contribution in [2.75, 3.05) is 0 Å². The number of hydrogen-bond donors (Lipinski definition) is 1. The Hall–Kier alpha value is -0.740. The van der Waals surface area contributed by atoms with Gasteiger partial charge < -0.3 is 5.73 Å². The number of benzene rings is 1. The first-order valence-corrected chi connectivity index (χ1v) is 7.47. The maximum Gasteiger partial charge on any atom is 0.157 e. The lowest BCUT2D eigenvalue weighted by molar-refractivity contribution is -0.125. The molecule has 0 heterocycles. The Balaban J connectivity index is 2.14. The first-order valence-electron chi connectivity index (χ1n) is 6.67. The topological polar surface area (TPSA) is 43.1 Å². The van der Waals surface area contributed by atoms with Gasteiger partial charge in [0.15, 0.2) is 5.78 Å². The first kappa shape index (κ1) is 14.7. The van der Waals surface area contributed by atoms with Crippen LogP contribution in [0.3, 0.4) is 0 Å². The van der Waals surface area contributed by atoms with E-state index in [1.807, 2.05) is 0 Å². The van der Waals surface area contributed by atoms with E-state index >= 15 is 0 Å². The molecule has 104 valence electrons. The predicted octanol–water partition coefficient (Wildman–Crippen LogP) is 3.61. The minimum absolute atomic E-state index is 0.0188. The summed E-state index contributed by atoms with van der Waals surface area (Å²) in [6, 6.07) is 4.76. The van der Waals surface area contributed by atoms with Crippen molar-refractivity contribution in [2.24, 2.45) is 11.7 Å². The number of carbonyl (C=O) groups is 1. The lowest BCUT2D eigenvalue weighted by Gasteiger charge is -2.35. The van der Waals surface area contributed by atoms with Gasteiger partial charge in [0.2, 0.25) is 0 Å². The molecule has 0 aliphatic heterocycles. The Morgan fingerprint density at radius 3 is 3.00 bits per heavy atom. The van der Waals surface area contributed by atoms with Gasteiger partial charge in [0, 0.05) is 6.42 Å². The molecular weight excluding hydrogens is 309 g/mol. The Morgan fingerprint density at radius 2 is 2.32 bits per heavy atom. The summed E-state index contributed by atoms with van der Waals surface area (Å²) in [6.45, 7) is 2.13. The van der Waals surface area contributed by atoms with Gasteiger partial charge in [-0.2, -0.15) is 0 Å². The summed E-state index contributed by atoms with van der Waals surface area (Å²) in [5.41, 5.74) is 6.21. The number of rotatable bonds is 3. The Labute approximate surface area is 121 Å². The van der Waals surface area contributed by atoms with Crippen molar-refractivity contribution in [1.29, 1.82) is 0 Å². The van der Waals surface area contributed by atoms with E-state index in [-0.39, 0.29) is 18.0 Å². The summed E-state index contributed by atoms with van der Waals surface area (Å²) in [6.07, 6.45) is 3.80. The molecule has 0 bridgehead atoms. The van der Waals surface area contributed by atoms with E-state index in [9.17, 15) is 9.18 Å². The number of halogens is 2.